The van der Waals surface area contributed by atoms with Gasteiger partial charge in [0.1, 0.15) is 11.9 Å². The van der Waals surface area contributed by atoms with E-state index in [4.69, 9.17) is 14.6 Å². The monoisotopic (exact) mass is 248 g/mol. The highest BCUT2D eigenvalue weighted by Gasteiger charge is 2.15. The number of benzene rings is 1. The molecule has 0 amide bonds. The van der Waals surface area contributed by atoms with E-state index in [1.54, 1.807) is 6.08 Å². The molecule has 0 radical (unpaired) electrons. The summed E-state index contributed by atoms with van der Waals surface area (Å²) in [6.45, 7) is 1.43. The number of hydrogen-bond acceptors (Lipinski definition) is 3. The molecule has 96 valence electrons. The van der Waals surface area contributed by atoms with Gasteiger partial charge in [-0.05, 0) is 36.6 Å². The van der Waals surface area contributed by atoms with Crippen LogP contribution in [0.1, 0.15) is 18.4 Å². The van der Waals surface area contributed by atoms with Crippen molar-refractivity contribution in [1.82, 2.24) is 0 Å². The van der Waals surface area contributed by atoms with Crippen LogP contribution < -0.4 is 4.74 Å². The average molecular weight is 248 g/mol. The fourth-order valence-electron chi connectivity index (χ4n) is 1.86. The van der Waals surface area contributed by atoms with Crippen molar-refractivity contribution >= 4 is 12.0 Å². The highest BCUT2D eigenvalue weighted by atomic mass is 16.5. The smallest absolute Gasteiger partial charge is 0.328 e. The zero-order valence-corrected chi connectivity index (χ0v) is 10.0. The number of rotatable bonds is 4. The van der Waals surface area contributed by atoms with Crippen molar-refractivity contribution in [1.29, 1.82) is 0 Å². The van der Waals surface area contributed by atoms with Crippen molar-refractivity contribution in [3.05, 3.63) is 35.9 Å². The maximum Gasteiger partial charge on any atom is 0.328 e. The third kappa shape index (κ3) is 3.89. The van der Waals surface area contributed by atoms with Crippen LogP contribution in [0.5, 0.6) is 5.75 Å². The highest BCUT2D eigenvalue weighted by Crippen LogP contribution is 2.19. The normalized spacial score (nSPS) is 19.9. The van der Waals surface area contributed by atoms with E-state index in [1.807, 2.05) is 24.3 Å². The molecular weight excluding hydrogens is 232 g/mol. The molecule has 18 heavy (non-hydrogen) atoms. The lowest BCUT2D eigenvalue weighted by Crippen LogP contribution is -2.27. The van der Waals surface area contributed by atoms with Crippen molar-refractivity contribution in [2.45, 2.75) is 18.9 Å². The Kier molecular flexibility index (Phi) is 4.36. The second-order valence-electron chi connectivity index (χ2n) is 4.20. The van der Waals surface area contributed by atoms with E-state index in [9.17, 15) is 4.79 Å². The molecule has 4 heteroatoms. The molecule has 1 aromatic rings. The van der Waals surface area contributed by atoms with Gasteiger partial charge in [-0.25, -0.2) is 4.79 Å². The van der Waals surface area contributed by atoms with Crippen LogP contribution in [0, 0.1) is 0 Å². The second kappa shape index (κ2) is 6.21. The second-order valence-corrected chi connectivity index (χ2v) is 4.20. The Labute approximate surface area is 106 Å². The summed E-state index contributed by atoms with van der Waals surface area (Å²) in [6.07, 6.45) is 4.77. The Bertz CT molecular complexity index is 433. The summed E-state index contributed by atoms with van der Waals surface area (Å²) < 4.78 is 11.1. The van der Waals surface area contributed by atoms with Crippen LogP contribution in [0.25, 0.3) is 6.08 Å². The van der Waals surface area contributed by atoms with Gasteiger partial charge in [0.25, 0.3) is 0 Å². The molecule has 1 aliphatic heterocycles. The Morgan fingerprint density at radius 2 is 2.39 bits per heavy atom. The number of carboxylic acid groups (broad SMARTS) is 1. The van der Waals surface area contributed by atoms with E-state index >= 15 is 0 Å². The Morgan fingerprint density at radius 3 is 3.11 bits per heavy atom. The van der Waals surface area contributed by atoms with Crippen LogP contribution in [0.2, 0.25) is 0 Å². The minimum absolute atomic E-state index is 0.0949. The number of carboxylic acids is 1. The molecule has 1 unspecified atom stereocenters. The van der Waals surface area contributed by atoms with Crippen molar-refractivity contribution in [3.8, 4) is 5.75 Å². The Hall–Kier alpha value is -1.81. The molecule has 4 nitrogen and oxygen atoms in total. The van der Waals surface area contributed by atoms with E-state index in [-0.39, 0.29) is 6.10 Å². The van der Waals surface area contributed by atoms with Crippen molar-refractivity contribution < 1.29 is 19.4 Å². The first-order valence-corrected chi connectivity index (χ1v) is 5.99. The molecule has 0 aromatic heterocycles. The molecule has 1 N–H and O–H groups in total. The highest BCUT2D eigenvalue weighted by molar-refractivity contribution is 5.85. The summed E-state index contributed by atoms with van der Waals surface area (Å²) in [7, 11) is 0. The van der Waals surface area contributed by atoms with E-state index in [2.05, 4.69) is 0 Å². The molecule has 1 heterocycles. The summed E-state index contributed by atoms with van der Waals surface area (Å²) in [6, 6.07) is 7.38. The fraction of sp³-hybridized carbons (Fsp3) is 0.357. The molecule has 0 bridgehead atoms. The van der Waals surface area contributed by atoms with Gasteiger partial charge in [0.2, 0.25) is 0 Å². The van der Waals surface area contributed by atoms with Gasteiger partial charge in [0.05, 0.1) is 6.61 Å². The van der Waals surface area contributed by atoms with E-state index < -0.39 is 5.97 Å². The fourth-order valence-corrected chi connectivity index (χ4v) is 1.86. The van der Waals surface area contributed by atoms with Gasteiger partial charge in [-0.15, -0.1) is 0 Å². The van der Waals surface area contributed by atoms with E-state index in [1.165, 1.54) is 0 Å². The van der Waals surface area contributed by atoms with Crippen molar-refractivity contribution in [2.24, 2.45) is 0 Å². The number of hydrogen-bond donors (Lipinski definition) is 1. The average Bonchev–Trinajstić information content (AvgIpc) is 2.38. The molecule has 1 fully saturated rings. The maximum absolute atomic E-state index is 10.4. The summed E-state index contributed by atoms with van der Waals surface area (Å²) in [5.41, 5.74) is 0.812. The van der Waals surface area contributed by atoms with Crippen LogP contribution in [0.15, 0.2) is 30.3 Å². The van der Waals surface area contributed by atoms with Gasteiger partial charge < -0.3 is 14.6 Å². The van der Waals surface area contributed by atoms with Crippen LogP contribution in [-0.4, -0.2) is 30.4 Å². The third-order valence-corrected chi connectivity index (χ3v) is 2.70. The molecule has 1 aliphatic rings. The molecule has 2 rings (SSSR count). The standard InChI is InChI=1S/C14H16O4/c15-14(16)7-6-11-3-1-4-12(9-11)18-13-5-2-8-17-10-13/h1,3-4,6-7,9,13H,2,5,8,10H2,(H,15,16)/b7-6+. The van der Waals surface area contributed by atoms with Crippen LogP contribution in [-0.2, 0) is 9.53 Å². The van der Waals surface area contributed by atoms with Crippen LogP contribution >= 0.6 is 0 Å². The van der Waals surface area contributed by atoms with Gasteiger partial charge >= 0.3 is 5.97 Å². The van der Waals surface area contributed by atoms with Gasteiger partial charge in [0, 0.05) is 12.7 Å². The molecular formula is C14H16O4. The zero-order chi connectivity index (χ0) is 12.8. The Balaban J connectivity index is 2.00. The minimum atomic E-state index is -0.956. The molecule has 0 saturated carbocycles. The number of aliphatic carboxylic acids is 1. The zero-order valence-electron chi connectivity index (χ0n) is 10.0. The summed E-state index contributed by atoms with van der Waals surface area (Å²) in [5.74, 6) is -0.208. The number of carbonyl (C=O) groups is 1. The van der Waals surface area contributed by atoms with Gasteiger partial charge in [-0.3, -0.25) is 0 Å². The van der Waals surface area contributed by atoms with E-state index in [0.29, 0.717) is 6.61 Å². The summed E-state index contributed by atoms with van der Waals surface area (Å²) in [4.78, 5) is 10.4. The number of ether oxygens (including phenoxy) is 2. The lowest BCUT2D eigenvalue weighted by atomic mass is 10.1. The predicted molar refractivity (Wildman–Crippen MR) is 67.6 cm³/mol. The van der Waals surface area contributed by atoms with Gasteiger partial charge in [0.15, 0.2) is 0 Å². The molecule has 1 saturated heterocycles. The topological polar surface area (TPSA) is 55.8 Å². The first kappa shape index (κ1) is 12.6. The quantitative estimate of drug-likeness (QED) is 0.831. The van der Waals surface area contributed by atoms with Gasteiger partial charge in [-0.1, -0.05) is 12.1 Å². The largest absolute Gasteiger partial charge is 0.488 e. The first-order valence-electron chi connectivity index (χ1n) is 5.99. The predicted octanol–water partition coefficient (Wildman–Crippen LogP) is 2.34. The van der Waals surface area contributed by atoms with Crippen LogP contribution in [0.4, 0.5) is 0 Å². The molecule has 0 spiro atoms. The van der Waals surface area contributed by atoms with Crippen molar-refractivity contribution in [2.75, 3.05) is 13.2 Å². The third-order valence-electron chi connectivity index (χ3n) is 2.70. The first-order chi connectivity index (χ1) is 8.74. The maximum atomic E-state index is 10.4. The lowest BCUT2D eigenvalue weighted by molar-refractivity contribution is -0.131. The molecule has 0 aliphatic carbocycles. The summed E-state index contributed by atoms with van der Waals surface area (Å²) in [5, 5.41) is 8.57. The SMILES string of the molecule is O=C(O)/C=C/c1cccc(OC2CCCOC2)c1. The lowest BCUT2D eigenvalue weighted by Gasteiger charge is -2.23. The Morgan fingerprint density at radius 1 is 1.50 bits per heavy atom. The van der Waals surface area contributed by atoms with Crippen molar-refractivity contribution in [3.63, 3.8) is 0 Å². The molecule has 1 aromatic carbocycles. The van der Waals surface area contributed by atoms with E-state index in [0.717, 1.165) is 36.8 Å². The van der Waals surface area contributed by atoms with Crippen LogP contribution in [0.3, 0.4) is 0 Å². The summed E-state index contributed by atoms with van der Waals surface area (Å²) >= 11 is 0. The molecule has 1 atom stereocenters. The van der Waals surface area contributed by atoms with Gasteiger partial charge in [-0.2, -0.15) is 0 Å². The minimum Gasteiger partial charge on any atom is -0.488 e.